The summed E-state index contributed by atoms with van der Waals surface area (Å²) < 4.78 is 26.1. The first kappa shape index (κ1) is 21.9. The first-order valence-corrected chi connectivity index (χ1v) is 11.6. The summed E-state index contributed by atoms with van der Waals surface area (Å²) in [6.45, 7) is 4.11. The van der Waals surface area contributed by atoms with Crippen molar-refractivity contribution >= 4 is 38.9 Å². The first-order valence-electron chi connectivity index (χ1n) is 9.34. The van der Waals surface area contributed by atoms with Gasteiger partial charge in [0.1, 0.15) is 0 Å². The van der Waals surface area contributed by atoms with Gasteiger partial charge in [0.05, 0.1) is 18.5 Å². The number of rotatable bonds is 6. The predicted octanol–water partition coefficient (Wildman–Crippen LogP) is 5.18. The summed E-state index contributed by atoms with van der Waals surface area (Å²) in [6, 6.07) is 19.4. The number of aryl methyl sites for hydroxylation is 2. The largest absolute Gasteiger partial charge is 0.322 e. The molecular formula is C23H23ClN2O3S. The van der Waals surface area contributed by atoms with Crippen molar-refractivity contribution in [2.75, 3.05) is 15.9 Å². The number of carbonyl (C=O) groups excluding carboxylic acids is 1. The van der Waals surface area contributed by atoms with Crippen molar-refractivity contribution in [3.05, 3.63) is 94.0 Å². The summed E-state index contributed by atoms with van der Waals surface area (Å²) >= 11 is 5.94. The van der Waals surface area contributed by atoms with Crippen molar-refractivity contribution in [3.8, 4) is 0 Å². The molecule has 7 heteroatoms. The Bertz CT molecular complexity index is 1180. The highest BCUT2D eigenvalue weighted by Crippen LogP contribution is 2.24. The van der Waals surface area contributed by atoms with Crippen LogP contribution in [0.2, 0.25) is 5.02 Å². The molecule has 3 rings (SSSR count). The molecule has 3 aromatic carbocycles. The maximum absolute atomic E-state index is 12.4. The van der Waals surface area contributed by atoms with E-state index in [0.29, 0.717) is 22.0 Å². The average Bonchev–Trinajstić information content (AvgIpc) is 2.68. The maximum atomic E-state index is 12.4. The lowest BCUT2D eigenvalue weighted by atomic mass is 10.1. The molecule has 1 amide bonds. The summed E-state index contributed by atoms with van der Waals surface area (Å²) in [5, 5.41) is 3.33. The zero-order valence-electron chi connectivity index (χ0n) is 17.0. The molecule has 0 aliphatic heterocycles. The molecule has 3 aromatic rings. The monoisotopic (exact) mass is 442 g/mol. The number of sulfonamides is 1. The number of halogens is 1. The second kappa shape index (κ2) is 8.90. The van der Waals surface area contributed by atoms with E-state index < -0.39 is 10.0 Å². The Kier molecular flexibility index (Phi) is 6.48. The highest BCUT2D eigenvalue weighted by Gasteiger charge is 2.18. The second-order valence-corrected chi connectivity index (χ2v) is 9.54. The Morgan fingerprint density at radius 3 is 2.27 bits per heavy atom. The van der Waals surface area contributed by atoms with Crippen molar-refractivity contribution < 1.29 is 13.2 Å². The highest BCUT2D eigenvalue weighted by atomic mass is 35.5. The topological polar surface area (TPSA) is 66.5 Å². The maximum Gasteiger partial charge on any atom is 0.255 e. The Balaban J connectivity index is 1.78. The normalized spacial score (nSPS) is 11.2. The van der Waals surface area contributed by atoms with Gasteiger partial charge in [-0.15, -0.1) is 0 Å². The molecule has 156 valence electrons. The number of benzene rings is 3. The molecule has 0 saturated heterocycles. The smallest absolute Gasteiger partial charge is 0.255 e. The van der Waals surface area contributed by atoms with Crippen LogP contribution in [0.4, 0.5) is 11.4 Å². The van der Waals surface area contributed by atoms with Crippen molar-refractivity contribution in [2.45, 2.75) is 20.4 Å². The van der Waals surface area contributed by atoms with Gasteiger partial charge in [0.2, 0.25) is 10.0 Å². The van der Waals surface area contributed by atoms with Gasteiger partial charge in [-0.1, -0.05) is 35.9 Å². The summed E-state index contributed by atoms with van der Waals surface area (Å²) in [4.78, 5) is 12.4. The van der Waals surface area contributed by atoms with Crippen LogP contribution >= 0.6 is 11.6 Å². The molecule has 0 bridgehead atoms. The molecule has 0 heterocycles. The van der Waals surface area contributed by atoms with Crippen LogP contribution in [0.1, 0.15) is 27.0 Å². The van der Waals surface area contributed by atoms with Crippen molar-refractivity contribution in [3.63, 3.8) is 0 Å². The average molecular weight is 443 g/mol. The molecule has 0 aliphatic carbocycles. The van der Waals surface area contributed by atoms with Crippen molar-refractivity contribution in [2.24, 2.45) is 0 Å². The van der Waals surface area contributed by atoms with Gasteiger partial charge in [0.25, 0.3) is 5.91 Å². The summed E-state index contributed by atoms with van der Waals surface area (Å²) in [7, 11) is -3.48. The van der Waals surface area contributed by atoms with Gasteiger partial charge in [0.15, 0.2) is 0 Å². The lowest BCUT2D eigenvalue weighted by Crippen LogP contribution is -2.29. The van der Waals surface area contributed by atoms with E-state index in [0.717, 1.165) is 16.7 Å². The Hall–Kier alpha value is -2.83. The van der Waals surface area contributed by atoms with Crippen LogP contribution in [0.3, 0.4) is 0 Å². The standard InChI is InChI=1S/C23H23ClN2O3S/c1-16-7-12-22(13-17(16)2)26(30(3,28)29)15-18-8-10-19(11-9-18)23(27)25-21-6-4-5-20(24)14-21/h4-14H,15H2,1-3H3,(H,25,27). The van der Waals surface area contributed by atoms with Gasteiger partial charge in [-0.25, -0.2) is 8.42 Å². The minimum Gasteiger partial charge on any atom is -0.322 e. The van der Waals surface area contributed by atoms with E-state index in [1.54, 1.807) is 54.6 Å². The molecule has 0 spiro atoms. The lowest BCUT2D eigenvalue weighted by molar-refractivity contribution is 0.102. The number of hydrogen-bond acceptors (Lipinski definition) is 3. The number of anilines is 2. The van der Waals surface area contributed by atoms with Crippen LogP contribution in [-0.2, 0) is 16.6 Å². The zero-order valence-corrected chi connectivity index (χ0v) is 18.6. The third-order valence-corrected chi connectivity index (χ3v) is 6.18. The van der Waals surface area contributed by atoms with Gasteiger partial charge >= 0.3 is 0 Å². The molecule has 0 aliphatic rings. The Morgan fingerprint density at radius 2 is 1.67 bits per heavy atom. The third-order valence-electron chi connectivity index (χ3n) is 4.80. The van der Waals surface area contributed by atoms with Gasteiger partial charge in [-0.2, -0.15) is 0 Å². The summed E-state index contributed by atoms with van der Waals surface area (Å²) in [6.07, 6.45) is 1.19. The van der Waals surface area contributed by atoms with Gasteiger partial charge in [-0.05, 0) is 73.0 Å². The highest BCUT2D eigenvalue weighted by molar-refractivity contribution is 7.92. The molecule has 0 unspecified atom stereocenters. The SMILES string of the molecule is Cc1ccc(N(Cc2ccc(C(=O)Nc3cccc(Cl)c3)cc2)S(C)(=O)=O)cc1C. The molecule has 0 fully saturated rings. The van der Waals surface area contributed by atoms with E-state index in [9.17, 15) is 13.2 Å². The minimum atomic E-state index is -3.48. The third kappa shape index (κ3) is 5.40. The van der Waals surface area contributed by atoms with Gasteiger partial charge in [-0.3, -0.25) is 9.10 Å². The predicted molar refractivity (Wildman–Crippen MR) is 123 cm³/mol. The van der Waals surface area contributed by atoms with E-state index >= 15 is 0 Å². The summed E-state index contributed by atoms with van der Waals surface area (Å²) in [5.74, 6) is -0.266. The molecule has 1 N–H and O–H groups in total. The zero-order chi connectivity index (χ0) is 21.9. The molecule has 0 aromatic heterocycles. The number of carbonyl (C=O) groups is 1. The van der Waals surface area contributed by atoms with Crippen LogP contribution in [0, 0.1) is 13.8 Å². The Morgan fingerprint density at radius 1 is 0.967 bits per heavy atom. The van der Waals surface area contributed by atoms with Crippen LogP contribution in [0.15, 0.2) is 66.7 Å². The number of hydrogen-bond donors (Lipinski definition) is 1. The second-order valence-electron chi connectivity index (χ2n) is 7.20. The minimum absolute atomic E-state index is 0.178. The fourth-order valence-corrected chi connectivity index (χ4v) is 4.05. The first-order chi connectivity index (χ1) is 14.1. The number of nitrogens with zero attached hydrogens (tertiary/aromatic N) is 1. The summed E-state index contributed by atoms with van der Waals surface area (Å²) in [5.41, 5.74) is 4.59. The molecule has 0 radical (unpaired) electrons. The number of nitrogens with one attached hydrogen (secondary N) is 1. The van der Waals surface area contributed by atoms with E-state index in [2.05, 4.69) is 5.32 Å². The molecule has 0 atom stereocenters. The molecule has 0 saturated carbocycles. The van der Waals surface area contributed by atoms with Crippen LogP contribution in [0.5, 0.6) is 0 Å². The van der Waals surface area contributed by atoms with E-state index in [-0.39, 0.29) is 12.5 Å². The van der Waals surface area contributed by atoms with E-state index in [1.165, 1.54) is 10.6 Å². The van der Waals surface area contributed by atoms with Gasteiger partial charge < -0.3 is 5.32 Å². The van der Waals surface area contributed by atoms with Gasteiger partial charge in [0, 0.05) is 16.3 Å². The van der Waals surface area contributed by atoms with Crippen LogP contribution in [0.25, 0.3) is 0 Å². The van der Waals surface area contributed by atoms with Crippen LogP contribution in [-0.4, -0.2) is 20.6 Å². The van der Waals surface area contributed by atoms with E-state index in [4.69, 9.17) is 11.6 Å². The molecule has 5 nitrogen and oxygen atoms in total. The fraction of sp³-hybridized carbons (Fsp3) is 0.174. The molecular weight excluding hydrogens is 420 g/mol. The van der Waals surface area contributed by atoms with Crippen LogP contribution < -0.4 is 9.62 Å². The van der Waals surface area contributed by atoms with E-state index in [1.807, 2.05) is 26.0 Å². The quantitative estimate of drug-likeness (QED) is 0.572. The number of amides is 1. The lowest BCUT2D eigenvalue weighted by Gasteiger charge is -2.23. The van der Waals surface area contributed by atoms with Crippen molar-refractivity contribution in [1.29, 1.82) is 0 Å². The fourth-order valence-electron chi connectivity index (χ4n) is 2.98. The van der Waals surface area contributed by atoms with Crippen molar-refractivity contribution in [1.82, 2.24) is 0 Å². The molecule has 30 heavy (non-hydrogen) atoms. The Labute approximate surface area is 182 Å².